The number of methoxy groups -OCH3 is 1. The molecule has 1 heterocycles. The Balaban J connectivity index is 1.19. The van der Waals surface area contributed by atoms with Crippen molar-refractivity contribution in [3.05, 3.63) is 117 Å². The second-order valence-electron chi connectivity index (χ2n) is 14.9. The highest BCUT2D eigenvalue weighted by Gasteiger charge is 2.27. The summed E-state index contributed by atoms with van der Waals surface area (Å²) in [7, 11) is 3.12. The zero-order valence-corrected chi connectivity index (χ0v) is 35.2. The first-order valence-corrected chi connectivity index (χ1v) is 21.0. The third-order valence-electron chi connectivity index (χ3n) is 10.4. The number of amides is 3. The van der Waals surface area contributed by atoms with Crippen LogP contribution in [0, 0.1) is 0 Å². The van der Waals surface area contributed by atoms with Crippen molar-refractivity contribution in [2.75, 3.05) is 44.5 Å². The summed E-state index contributed by atoms with van der Waals surface area (Å²) >= 11 is 1.49. The summed E-state index contributed by atoms with van der Waals surface area (Å²) < 4.78 is 9.72. The highest BCUT2D eigenvalue weighted by atomic mass is 32.1. The Bertz CT molecular complexity index is 2040. The monoisotopic (exact) mass is 808 g/mol. The summed E-state index contributed by atoms with van der Waals surface area (Å²) in [5.74, 6) is -1.33. The van der Waals surface area contributed by atoms with Gasteiger partial charge in [-0.3, -0.25) is 24.1 Å². The fourth-order valence-corrected chi connectivity index (χ4v) is 8.32. The molecule has 4 aromatic rings. The lowest BCUT2D eigenvalue weighted by atomic mass is 9.95. The quantitative estimate of drug-likeness (QED) is 0.0909. The minimum atomic E-state index is -0.372. The molecule has 3 aromatic carbocycles. The van der Waals surface area contributed by atoms with Gasteiger partial charge in [-0.25, -0.2) is 4.79 Å². The van der Waals surface area contributed by atoms with Crippen molar-refractivity contribution < 1.29 is 33.4 Å². The number of nitrogens with zero attached hydrogens (tertiary/aromatic N) is 2. The van der Waals surface area contributed by atoms with Gasteiger partial charge in [0.05, 0.1) is 31.3 Å². The molecule has 3 amide bonds. The molecule has 0 aliphatic heterocycles. The van der Waals surface area contributed by atoms with Crippen molar-refractivity contribution in [3.8, 4) is 0 Å². The molecule has 1 aromatic heterocycles. The number of rotatable bonds is 19. The summed E-state index contributed by atoms with van der Waals surface area (Å²) in [6.45, 7) is 7.92. The van der Waals surface area contributed by atoms with E-state index < -0.39 is 0 Å². The van der Waals surface area contributed by atoms with Crippen molar-refractivity contribution in [1.82, 2.24) is 9.80 Å². The molecule has 1 aliphatic rings. The lowest BCUT2D eigenvalue weighted by Crippen LogP contribution is -2.39. The van der Waals surface area contributed by atoms with Gasteiger partial charge in [-0.15, -0.1) is 11.3 Å². The summed E-state index contributed by atoms with van der Waals surface area (Å²) in [6.07, 6.45) is 6.58. The van der Waals surface area contributed by atoms with Gasteiger partial charge in [0, 0.05) is 55.3 Å². The number of ether oxygens (including phenoxy) is 2. The molecular formula is C46H56N4O7S. The molecule has 0 fully saturated rings. The second-order valence-corrected chi connectivity index (χ2v) is 16.1. The maximum Gasteiger partial charge on any atom is 0.337 e. The third-order valence-corrected chi connectivity index (χ3v) is 11.7. The van der Waals surface area contributed by atoms with Crippen LogP contribution in [0.25, 0.3) is 0 Å². The predicted molar refractivity (Wildman–Crippen MR) is 229 cm³/mol. The van der Waals surface area contributed by atoms with Gasteiger partial charge in [-0.05, 0) is 124 Å². The number of hydrogen-bond donors (Lipinski definition) is 2. The zero-order valence-electron chi connectivity index (χ0n) is 34.4. The van der Waals surface area contributed by atoms with E-state index >= 15 is 0 Å². The topological polar surface area (TPSA) is 134 Å². The first-order valence-electron chi connectivity index (χ1n) is 20.2. The average Bonchev–Trinajstić information content (AvgIpc) is 3.59. The number of esters is 2. The van der Waals surface area contributed by atoms with E-state index in [4.69, 9.17) is 9.47 Å². The summed E-state index contributed by atoms with van der Waals surface area (Å²) in [4.78, 5) is 68.8. The molecule has 0 spiro atoms. The van der Waals surface area contributed by atoms with Crippen molar-refractivity contribution in [1.29, 1.82) is 0 Å². The number of hydrogen-bond acceptors (Lipinski definition) is 9. The van der Waals surface area contributed by atoms with Crippen LogP contribution in [0.15, 0.2) is 72.8 Å². The molecular weight excluding hydrogens is 753 g/mol. The molecule has 0 unspecified atom stereocenters. The van der Waals surface area contributed by atoms with Crippen LogP contribution in [0.4, 0.5) is 10.7 Å². The maximum absolute atomic E-state index is 13.9. The van der Waals surface area contributed by atoms with Crippen LogP contribution in [-0.2, 0) is 51.3 Å². The molecule has 1 aliphatic carbocycles. The molecule has 0 saturated carbocycles. The van der Waals surface area contributed by atoms with Crippen molar-refractivity contribution in [3.63, 3.8) is 0 Å². The molecule has 0 atom stereocenters. The molecule has 11 nitrogen and oxygen atoms in total. The smallest absolute Gasteiger partial charge is 0.337 e. The first-order chi connectivity index (χ1) is 27.9. The molecule has 0 radical (unpaired) electrons. The Kier molecular flexibility index (Phi) is 16.2. The number of carbonyl (C=O) groups is 5. The van der Waals surface area contributed by atoms with Crippen LogP contribution < -0.4 is 10.6 Å². The second kappa shape index (κ2) is 21.4. The number of aryl methyl sites for hydroxylation is 3. The van der Waals surface area contributed by atoms with Gasteiger partial charge in [-0.2, -0.15) is 0 Å². The van der Waals surface area contributed by atoms with Crippen LogP contribution in [0.3, 0.4) is 0 Å². The van der Waals surface area contributed by atoms with E-state index in [-0.39, 0.29) is 48.5 Å². The average molecular weight is 809 g/mol. The lowest BCUT2D eigenvalue weighted by molar-refractivity contribution is -0.145. The number of carbonyl (C=O) groups excluding carboxylic acids is 5. The van der Waals surface area contributed by atoms with Crippen LogP contribution in [-0.4, -0.2) is 79.4 Å². The summed E-state index contributed by atoms with van der Waals surface area (Å²) in [5.41, 5.74) is 6.56. The Labute approximate surface area is 346 Å². The number of fused-ring (bicyclic) bond motifs is 1. The van der Waals surface area contributed by atoms with Gasteiger partial charge in [0.2, 0.25) is 5.91 Å². The predicted octanol–water partition coefficient (Wildman–Crippen LogP) is 8.11. The van der Waals surface area contributed by atoms with Gasteiger partial charge in [-0.1, -0.05) is 36.4 Å². The first kappa shape index (κ1) is 43.8. The lowest BCUT2D eigenvalue weighted by Gasteiger charge is -2.29. The molecule has 308 valence electrons. The summed E-state index contributed by atoms with van der Waals surface area (Å²) in [6, 6.07) is 23.1. The molecule has 5 rings (SSSR count). The third kappa shape index (κ3) is 12.3. The van der Waals surface area contributed by atoms with Gasteiger partial charge in [0.1, 0.15) is 5.00 Å². The zero-order chi connectivity index (χ0) is 41.6. The number of benzene rings is 3. The largest absolute Gasteiger partial charge is 0.466 e. The fraction of sp³-hybridized carbons (Fsp3) is 0.413. The fourth-order valence-electron chi connectivity index (χ4n) is 7.04. The highest BCUT2D eigenvalue weighted by Crippen LogP contribution is 2.39. The van der Waals surface area contributed by atoms with E-state index in [0.717, 1.165) is 72.1 Å². The maximum atomic E-state index is 13.9. The standard InChI is InChI=1S/C46H56N4O7S/c1-6-57-41(52)26-25-40(51)49(4)27-28-50(31(2)3)30-34-13-10-14-36(29-34)43(53)48-45-42(38-15-7-8-16-39(38)58-45)44(54)47-37-23-19-33(20-24-37)12-9-11-32-17-21-35(22-18-32)46(55)56-5/h10,13-14,17-24,29,31H,6-9,11-12,15-16,25-28,30H2,1-5H3,(H,47,54)(H,48,53). The van der Waals surface area contributed by atoms with Gasteiger partial charge < -0.3 is 25.0 Å². The molecule has 12 heteroatoms. The van der Waals surface area contributed by atoms with E-state index in [0.29, 0.717) is 53.6 Å². The van der Waals surface area contributed by atoms with E-state index in [1.165, 1.54) is 18.4 Å². The number of anilines is 2. The van der Waals surface area contributed by atoms with Gasteiger partial charge in [0.15, 0.2) is 0 Å². The Morgan fingerprint density at radius 3 is 2.16 bits per heavy atom. The van der Waals surface area contributed by atoms with Crippen molar-refractivity contribution in [2.24, 2.45) is 0 Å². The van der Waals surface area contributed by atoms with E-state index in [2.05, 4.69) is 29.4 Å². The van der Waals surface area contributed by atoms with Crippen LogP contribution in [0.2, 0.25) is 0 Å². The molecule has 0 bridgehead atoms. The molecule has 58 heavy (non-hydrogen) atoms. The normalized spacial score (nSPS) is 12.2. The number of thiophene rings is 1. The Morgan fingerprint density at radius 2 is 1.48 bits per heavy atom. The van der Waals surface area contributed by atoms with E-state index in [1.807, 2.05) is 54.6 Å². The van der Waals surface area contributed by atoms with Gasteiger partial charge >= 0.3 is 11.9 Å². The molecule has 0 saturated heterocycles. The molecule has 2 N–H and O–H groups in total. The number of nitrogens with one attached hydrogen (secondary N) is 2. The minimum absolute atomic E-state index is 0.0648. The minimum Gasteiger partial charge on any atom is -0.466 e. The van der Waals surface area contributed by atoms with Crippen LogP contribution >= 0.6 is 11.3 Å². The Morgan fingerprint density at radius 1 is 0.793 bits per heavy atom. The van der Waals surface area contributed by atoms with Crippen molar-refractivity contribution >= 4 is 51.7 Å². The highest BCUT2D eigenvalue weighted by molar-refractivity contribution is 7.17. The SMILES string of the molecule is CCOC(=O)CCC(=O)N(C)CCN(Cc1cccc(C(=O)Nc2sc3c(c2C(=O)Nc2ccc(CCCc4ccc(C(=O)OC)cc4)cc2)CCCC3)c1)C(C)C. The van der Waals surface area contributed by atoms with E-state index in [9.17, 15) is 24.0 Å². The number of likely N-dealkylation sites (N-methyl/N-ethyl adjacent to an activating group) is 1. The van der Waals surface area contributed by atoms with Crippen molar-refractivity contribution in [2.45, 2.75) is 91.1 Å². The van der Waals surface area contributed by atoms with Crippen LogP contribution in [0.1, 0.15) is 111 Å². The van der Waals surface area contributed by atoms with Crippen LogP contribution in [0.5, 0.6) is 0 Å². The van der Waals surface area contributed by atoms with Gasteiger partial charge in [0.25, 0.3) is 11.8 Å². The summed E-state index contributed by atoms with van der Waals surface area (Å²) in [5, 5.41) is 6.75. The Hall–Kier alpha value is -5.33. The van der Waals surface area contributed by atoms with E-state index in [1.54, 1.807) is 37.1 Å².